The lowest BCUT2D eigenvalue weighted by atomic mass is 10.2. The Morgan fingerprint density at radius 2 is 1.10 bits per heavy atom. The van der Waals surface area contributed by atoms with Crippen molar-refractivity contribution in [1.29, 1.82) is 0 Å². The van der Waals surface area contributed by atoms with E-state index in [0.717, 1.165) is 39.7 Å². The van der Waals surface area contributed by atoms with Gasteiger partial charge in [0.15, 0.2) is 11.9 Å². The molecule has 0 spiro atoms. The van der Waals surface area contributed by atoms with Gasteiger partial charge in [-0.3, -0.25) is 0 Å². The van der Waals surface area contributed by atoms with Crippen molar-refractivity contribution in [1.82, 2.24) is 0 Å². The normalized spacial score (nSPS) is 9.93. The van der Waals surface area contributed by atoms with Gasteiger partial charge in [0.1, 0.15) is 11.5 Å². The Kier molecular flexibility index (Phi) is 11.4. The standard InChI is InChI=1S/C19H24Br2N6O2.ClH/c20-14-10-12(26-18(22)23)4-6-16(14)28-8-2-1-3-9-29-17-7-5-13(11-15(17)21)27-19(24)25;/h4-7,10-11H,1-3,8-9H2,(H4,22,23,26)(H4,24,25,27);1H. The number of guanidine groups is 2. The number of unbranched alkanes of at least 4 members (excludes halogenated alkanes) is 2. The van der Waals surface area contributed by atoms with E-state index in [0.29, 0.717) is 24.6 Å². The van der Waals surface area contributed by atoms with Crippen LogP contribution >= 0.6 is 44.3 Å². The molecule has 0 heterocycles. The Labute approximate surface area is 198 Å². The van der Waals surface area contributed by atoms with E-state index < -0.39 is 0 Å². The molecule has 2 aromatic rings. The topological polar surface area (TPSA) is 147 Å². The van der Waals surface area contributed by atoms with Crippen LogP contribution in [0.3, 0.4) is 0 Å². The van der Waals surface area contributed by atoms with Crippen molar-refractivity contribution in [3.8, 4) is 11.5 Å². The maximum atomic E-state index is 5.79. The predicted molar refractivity (Wildman–Crippen MR) is 131 cm³/mol. The summed E-state index contributed by atoms with van der Waals surface area (Å²) < 4.78 is 13.2. The number of rotatable bonds is 10. The quantitative estimate of drug-likeness (QED) is 0.194. The molecule has 0 aliphatic heterocycles. The average Bonchev–Trinajstić information content (AvgIpc) is 2.63. The molecular weight excluding hydrogens is 540 g/mol. The molecule has 11 heteroatoms. The van der Waals surface area contributed by atoms with E-state index in [4.69, 9.17) is 32.4 Å². The third-order valence-electron chi connectivity index (χ3n) is 3.65. The van der Waals surface area contributed by atoms with E-state index in [9.17, 15) is 0 Å². The van der Waals surface area contributed by atoms with Crippen molar-refractivity contribution in [2.45, 2.75) is 19.3 Å². The predicted octanol–water partition coefficient (Wildman–Crippen LogP) is 4.07. The first-order valence-corrected chi connectivity index (χ1v) is 10.5. The molecule has 0 unspecified atom stereocenters. The van der Waals surface area contributed by atoms with E-state index >= 15 is 0 Å². The van der Waals surface area contributed by atoms with Gasteiger partial charge in [0, 0.05) is 0 Å². The maximum Gasteiger partial charge on any atom is 0.191 e. The molecular formula is C19H25Br2ClN6O2. The van der Waals surface area contributed by atoms with Crippen molar-refractivity contribution in [2.24, 2.45) is 32.9 Å². The van der Waals surface area contributed by atoms with Gasteiger partial charge in [0.05, 0.1) is 33.5 Å². The zero-order valence-corrected chi connectivity index (χ0v) is 20.2. The van der Waals surface area contributed by atoms with Crippen LogP contribution in [0, 0.1) is 0 Å². The molecule has 0 amide bonds. The molecule has 8 nitrogen and oxygen atoms in total. The number of hydrogen-bond acceptors (Lipinski definition) is 4. The van der Waals surface area contributed by atoms with Crippen molar-refractivity contribution < 1.29 is 9.47 Å². The monoisotopic (exact) mass is 562 g/mol. The summed E-state index contributed by atoms with van der Waals surface area (Å²) in [4.78, 5) is 7.98. The fraction of sp³-hybridized carbons (Fsp3) is 0.263. The molecule has 2 aromatic carbocycles. The second-order valence-corrected chi connectivity index (χ2v) is 7.77. The molecule has 0 saturated carbocycles. The number of nitrogens with two attached hydrogens (primary N) is 4. The fourth-order valence-corrected chi connectivity index (χ4v) is 3.36. The summed E-state index contributed by atoms with van der Waals surface area (Å²) in [5, 5.41) is 0. The Hall–Kier alpha value is -2.17. The summed E-state index contributed by atoms with van der Waals surface area (Å²) in [7, 11) is 0. The average molecular weight is 565 g/mol. The lowest BCUT2D eigenvalue weighted by molar-refractivity contribution is 0.278. The van der Waals surface area contributed by atoms with Crippen LogP contribution in [0.15, 0.2) is 55.3 Å². The first-order valence-electron chi connectivity index (χ1n) is 8.89. The van der Waals surface area contributed by atoms with Gasteiger partial charge in [-0.1, -0.05) is 0 Å². The van der Waals surface area contributed by atoms with Crippen molar-refractivity contribution in [3.05, 3.63) is 45.3 Å². The van der Waals surface area contributed by atoms with Crippen LogP contribution in [0.1, 0.15) is 19.3 Å². The number of ether oxygens (including phenoxy) is 2. The highest BCUT2D eigenvalue weighted by atomic mass is 79.9. The molecule has 8 N–H and O–H groups in total. The van der Waals surface area contributed by atoms with Gasteiger partial charge in [0.25, 0.3) is 0 Å². The van der Waals surface area contributed by atoms with Gasteiger partial charge in [-0.05, 0) is 87.5 Å². The number of halogens is 3. The lowest BCUT2D eigenvalue weighted by Crippen LogP contribution is -2.21. The number of hydrogen-bond donors (Lipinski definition) is 4. The Balaban J connectivity index is 0.00000450. The zero-order chi connectivity index (χ0) is 21.2. The molecule has 30 heavy (non-hydrogen) atoms. The maximum absolute atomic E-state index is 5.79. The molecule has 164 valence electrons. The molecule has 2 rings (SSSR count). The van der Waals surface area contributed by atoms with Crippen LogP contribution < -0.4 is 32.4 Å². The van der Waals surface area contributed by atoms with E-state index in [1.54, 1.807) is 24.3 Å². The van der Waals surface area contributed by atoms with E-state index in [2.05, 4.69) is 41.8 Å². The molecule has 0 atom stereocenters. The minimum Gasteiger partial charge on any atom is -0.492 e. The molecule has 0 bridgehead atoms. The Morgan fingerprint density at radius 3 is 1.43 bits per heavy atom. The van der Waals surface area contributed by atoms with E-state index in [-0.39, 0.29) is 24.3 Å². The van der Waals surface area contributed by atoms with Crippen molar-refractivity contribution in [3.63, 3.8) is 0 Å². The van der Waals surface area contributed by atoms with Crippen LogP contribution in [0.4, 0.5) is 11.4 Å². The summed E-state index contributed by atoms with van der Waals surface area (Å²) in [5.74, 6) is 1.54. The van der Waals surface area contributed by atoms with Crippen molar-refractivity contribution in [2.75, 3.05) is 13.2 Å². The van der Waals surface area contributed by atoms with E-state index in [1.807, 2.05) is 12.1 Å². The smallest absolute Gasteiger partial charge is 0.191 e. The highest BCUT2D eigenvalue weighted by molar-refractivity contribution is 9.10. The molecule has 0 aliphatic carbocycles. The Morgan fingerprint density at radius 1 is 0.700 bits per heavy atom. The van der Waals surface area contributed by atoms with Crippen LogP contribution in [0.5, 0.6) is 11.5 Å². The fourth-order valence-electron chi connectivity index (χ4n) is 2.40. The van der Waals surface area contributed by atoms with Crippen LogP contribution in [0.2, 0.25) is 0 Å². The summed E-state index contributed by atoms with van der Waals surface area (Å²) in [6.45, 7) is 1.22. The number of benzene rings is 2. The number of nitrogens with zero attached hydrogens (tertiary/aromatic N) is 2. The van der Waals surface area contributed by atoms with Gasteiger partial charge in [0.2, 0.25) is 0 Å². The Bertz CT molecular complexity index is 816. The first-order chi connectivity index (χ1) is 13.8. The summed E-state index contributed by atoms with van der Waals surface area (Å²) in [6.07, 6.45) is 2.81. The van der Waals surface area contributed by atoms with Gasteiger partial charge < -0.3 is 32.4 Å². The molecule has 0 aliphatic rings. The van der Waals surface area contributed by atoms with Crippen molar-refractivity contribution >= 4 is 67.6 Å². The second kappa shape index (κ2) is 13.2. The lowest BCUT2D eigenvalue weighted by Gasteiger charge is -2.10. The van der Waals surface area contributed by atoms with Gasteiger partial charge in [-0.2, -0.15) is 0 Å². The van der Waals surface area contributed by atoms with Crippen LogP contribution in [0.25, 0.3) is 0 Å². The van der Waals surface area contributed by atoms with Crippen LogP contribution in [-0.2, 0) is 0 Å². The third-order valence-corrected chi connectivity index (χ3v) is 4.89. The SMILES string of the molecule is Cl.NC(N)=Nc1ccc(OCCCCCOc2ccc(N=C(N)N)cc2Br)c(Br)c1. The third kappa shape index (κ3) is 9.10. The van der Waals surface area contributed by atoms with Crippen LogP contribution in [-0.4, -0.2) is 25.1 Å². The summed E-state index contributed by atoms with van der Waals surface area (Å²) in [6, 6.07) is 10.9. The summed E-state index contributed by atoms with van der Waals surface area (Å²) in [5.41, 5.74) is 22.8. The largest absolute Gasteiger partial charge is 0.492 e. The minimum atomic E-state index is 0. The first kappa shape index (κ1) is 25.9. The van der Waals surface area contributed by atoms with Gasteiger partial charge in [-0.25, -0.2) is 9.98 Å². The zero-order valence-electron chi connectivity index (χ0n) is 16.2. The van der Waals surface area contributed by atoms with E-state index in [1.165, 1.54) is 0 Å². The minimum absolute atomic E-state index is 0. The highest BCUT2D eigenvalue weighted by Crippen LogP contribution is 2.30. The molecule has 0 fully saturated rings. The molecule has 0 aromatic heterocycles. The van der Waals surface area contributed by atoms with Gasteiger partial charge in [-0.15, -0.1) is 12.4 Å². The highest BCUT2D eigenvalue weighted by Gasteiger charge is 2.04. The number of aliphatic imine (C=N–C) groups is 2. The second-order valence-electron chi connectivity index (χ2n) is 6.06. The summed E-state index contributed by atoms with van der Waals surface area (Å²) >= 11 is 6.92. The van der Waals surface area contributed by atoms with Gasteiger partial charge >= 0.3 is 0 Å². The molecule has 0 saturated heterocycles. The molecule has 0 radical (unpaired) electrons.